The van der Waals surface area contributed by atoms with Crippen molar-refractivity contribution >= 4 is 15.7 Å². The summed E-state index contributed by atoms with van der Waals surface area (Å²) in [6.45, 7) is 6.87. The number of nitrogens with one attached hydrogen (secondary N) is 1. The Morgan fingerprint density at radius 3 is 2.59 bits per heavy atom. The number of sulfonamides is 1. The molecule has 8 nitrogen and oxygen atoms in total. The van der Waals surface area contributed by atoms with Crippen LogP contribution in [0.1, 0.15) is 32.7 Å². The van der Waals surface area contributed by atoms with E-state index in [9.17, 15) is 8.42 Å². The van der Waals surface area contributed by atoms with Gasteiger partial charge in [0.15, 0.2) is 0 Å². The molecule has 1 N–H and O–H groups in total. The van der Waals surface area contributed by atoms with Gasteiger partial charge < -0.3 is 9.15 Å². The van der Waals surface area contributed by atoms with Crippen LogP contribution in [-0.2, 0) is 20.2 Å². The first-order chi connectivity index (χ1) is 10.3. The van der Waals surface area contributed by atoms with Crippen molar-refractivity contribution in [2.75, 3.05) is 17.9 Å². The summed E-state index contributed by atoms with van der Waals surface area (Å²) < 4.78 is 39.2. The molecule has 0 radical (unpaired) electrons. The first-order valence-corrected chi connectivity index (χ1v) is 8.35. The van der Waals surface area contributed by atoms with Crippen LogP contribution >= 0.6 is 0 Å². The number of nitrogens with zero attached hydrogens (tertiary/aromatic N) is 3. The van der Waals surface area contributed by atoms with Crippen LogP contribution in [0.3, 0.4) is 0 Å². The molecule has 9 heteroatoms. The van der Waals surface area contributed by atoms with Gasteiger partial charge >= 0.3 is 0 Å². The molecule has 0 spiro atoms. The van der Waals surface area contributed by atoms with E-state index in [2.05, 4.69) is 14.8 Å². The van der Waals surface area contributed by atoms with Gasteiger partial charge in [-0.2, -0.15) is 13.5 Å². The maximum Gasteiger partial charge on any atom is 0.297 e. The van der Waals surface area contributed by atoms with E-state index in [1.165, 1.54) is 12.4 Å². The lowest BCUT2D eigenvalue weighted by Gasteiger charge is -2.25. The number of hydrogen-bond donors (Lipinski definition) is 1. The highest BCUT2D eigenvalue weighted by molar-refractivity contribution is 7.92. The predicted molar refractivity (Wildman–Crippen MR) is 78.1 cm³/mol. The zero-order valence-corrected chi connectivity index (χ0v) is 13.4. The molecule has 1 fully saturated rings. The third-order valence-corrected chi connectivity index (χ3v) is 4.46. The summed E-state index contributed by atoms with van der Waals surface area (Å²) in [5.74, 6) is 0.371. The molecule has 3 rings (SSSR count). The van der Waals surface area contributed by atoms with Gasteiger partial charge in [-0.05, 0) is 0 Å². The van der Waals surface area contributed by atoms with Crippen molar-refractivity contribution in [2.45, 2.75) is 37.3 Å². The lowest BCUT2D eigenvalue weighted by Crippen LogP contribution is -2.30. The van der Waals surface area contributed by atoms with E-state index in [0.717, 1.165) is 0 Å². The highest BCUT2D eigenvalue weighted by Gasteiger charge is 2.27. The van der Waals surface area contributed by atoms with E-state index in [-0.39, 0.29) is 16.5 Å². The van der Waals surface area contributed by atoms with Crippen molar-refractivity contribution in [1.29, 1.82) is 0 Å². The largest absolute Gasteiger partial charge is 0.427 e. The van der Waals surface area contributed by atoms with Gasteiger partial charge in [0.1, 0.15) is 0 Å². The molecule has 2 aromatic rings. The van der Waals surface area contributed by atoms with Crippen LogP contribution in [0.15, 0.2) is 28.1 Å². The molecule has 1 aliphatic rings. The molecule has 0 aliphatic carbocycles. The van der Waals surface area contributed by atoms with Crippen molar-refractivity contribution in [1.82, 2.24) is 14.8 Å². The summed E-state index contributed by atoms with van der Waals surface area (Å²) in [4.78, 5) is 4.03. The van der Waals surface area contributed by atoms with E-state index in [0.29, 0.717) is 24.8 Å². The zero-order valence-electron chi connectivity index (χ0n) is 12.6. The number of oxazole rings is 1. The van der Waals surface area contributed by atoms with Gasteiger partial charge in [-0.1, -0.05) is 20.8 Å². The lowest BCUT2D eigenvalue weighted by atomic mass is 9.97. The Morgan fingerprint density at radius 2 is 2.05 bits per heavy atom. The van der Waals surface area contributed by atoms with E-state index >= 15 is 0 Å². The number of hydrogen-bond acceptors (Lipinski definition) is 6. The smallest absolute Gasteiger partial charge is 0.297 e. The van der Waals surface area contributed by atoms with Crippen molar-refractivity contribution < 1.29 is 17.6 Å². The Hall–Kier alpha value is -1.87. The number of anilines is 1. The van der Waals surface area contributed by atoms with Crippen molar-refractivity contribution in [3.8, 4) is 0 Å². The summed E-state index contributed by atoms with van der Waals surface area (Å²) >= 11 is 0. The van der Waals surface area contributed by atoms with E-state index in [1.54, 1.807) is 10.9 Å². The van der Waals surface area contributed by atoms with Gasteiger partial charge in [0.2, 0.25) is 5.89 Å². The second-order valence-corrected chi connectivity index (χ2v) is 7.85. The second kappa shape index (κ2) is 5.10. The Labute approximate surface area is 128 Å². The minimum absolute atomic E-state index is 0.163. The zero-order chi connectivity index (χ0) is 16.0. The molecule has 2 aromatic heterocycles. The van der Waals surface area contributed by atoms with Crippen LogP contribution in [0.25, 0.3) is 0 Å². The van der Waals surface area contributed by atoms with E-state index in [4.69, 9.17) is 9.15 Å². The summed E-state index contributed by atoms with van der Waals surface area (Å²) in [5.41, 5.74) is 0.0173. The van der Waals surface area contributed by atoms with Crippen LogP contribution in [0.2, 0.25) is 0 Å². The third kappa shape index (κ3) is 2.86. The van der Waals surface area contributed by atoms with E-state index in [1.807, 2.05) is 20.8 Å². The Balaban J connectivity index is 1.78. The molecular weight excluding hydrogens is 308 g/mol. The minimum Gasteiger partial charge on any atom is -0.427 e. The van der Waals surface area contributed by atoms with Gasteiger partial charge in [-0.15, -0.1) is 0 Å². The molecule has 0 saturated carbocycles. The molecule has 1 saturated heterocycles. The minimum atomic E-state index is -3.82. The van der Waals surface area contributed by atoms with Crippen molar-refractivity contribution in [3.05, 3.63) is 24.5 Å². The topological polar surface area (TPSA) is 99.2 Å². The molecule has 0 unspecified atom stereocenters. The average Bonchev–Trinajstić information content (AvgIpc) is 2.94. The summed E-state index contributed by atoms with van der Waals surface area (Å²) in [6, 6.07) is 0.163. The standard InChI is InChI=1S/C13H18N4O4S/c1-13(2,3)12-14-5-11(21-12)22(18,19)16-9-4-15-17(6-9)10-7-20-8-10/h4-6,10,16H,7-8H2,1-3H3. The van der Waals surface area contributed by atoms with Crippen LogP contribution in [0.5, 0.6) is 0 Å². The summed E-state index contributed by atoms with van der Waals surface area (Å²) in [7, 11) is -3.82. The molecule has 3 heterocycles. The fraction of sp³-hybridized carbons (Fsp3) is 0.538. The molecular formula is C13H18N4O4S. The molecule has 22 heavy (non-hydrogen) atoms. The highest BCUT2D eigenvalue weighted by atomic mass is 32.2. The molecule has 120 valence electrons. The second-order valence-electron chi connectivity index (χ2n) is 6.24. The van der Waals surface area contributed by atoms with Crippen molar-refractivity contribution in [3.63, 3.8) is 0 Å². The first kappa shape index (κ1) is 15.0. The molecule has 0 bridgehead atoms. The number of rotatable bonds is 4. The van der Waals surface area contributed by atoms with Gasteiger partial charge in [0.25, 0.3) is 15.1 Å². The predicted octanol–water partition coefficient (Wildman–Crippen LogP) is 1.54. The van der Waals surface area contributed by atoms with Crippen LogP contribution in [0, 0.1) is 0 Å². The number of ether oxygens (including phenoxy) is 1. The van der Waals surface area contributed by atoms with Gasteiger partial charge in [0.05, 0.1) is 37.3 Å². The SMILES string of the molecule is CC(C)(C)c1ncc(S(=O)(=O)Nc2cnn(C3COC3)c2)o1. The maximum absolute atomic E-state index is 12.3. The van der Waals surface area contributed by atoms with E-state index < -0.39 is 10.0 Å². The third-order valence-electron chi connectivity index (χ3n) is 3.24. The normalized spacial score (nSPS) is 16.5. The monoisotopic (exact) mass is 326 g/mol. The van der Waals surface area contributed by atoms with Crippen LogP contribution in [0.4, 0.5) is 5.69 Å². The quantitative estimate of drug-likeness (QED) is 0.915. The first-order valence-electron chi connectivity index (χ1n) is 6.87. The molecule has 1 aliphatic heterocycles. The lowest BCUT2D eigenvalue weighted by molar-refractivity contribution is -0.0286. The Bertz CT molecular complexity index is 768. The maximum atomic E-state index is 12.3. The fourth-order valence-corrected chi connectivity index (χ4v) is 2.80. The van der Waals surface area contributed by atoms with Gasteiger partial charge in [-0.25, -0.2) is 4.98 Å². The van der Waals surface area contributed by atoms with Gasteiger partial charge in [0, 0.05) is 11.6 Å². The van der Waals surface area contributed by atoms with Gasteiger partial charge in [-0.3, -0.25) is 9.40 Å². The van der Waals surface area contributed by atoms with Crippen LogP contribution < -0.4 is 4.72 Å². The molecule has 0 atom stereocenters. The highest BCUT2D eigenvalue weighted by Crippen LogP contribution is 2.25. The number of aromatic nitrogens is 3. The average molecular weight is 326 g/mol. The van der Waals surface area contributed by atoms with Crippen LogP contribution in [-0.4, -0.2) is 36.4 Å². The Morgan fingerprint density at radius 1 is 1.32 bits per heavy atom. The summed E-state index contributed by atoms with van der Waals surface area (Å²) in [5, 5.41) is 3.91. The van der Waals surface area contributed by atoms with Crippen molar-refractivity contribution in [2.24, 2.45) is 0 Å². The Kier molecular flexibility index (Phi) is 3.48. The summed E-state index contributed by atoms with van der Waals surface area (Å²) in [6.07, 6.45) is 4.30. The molecule has 0 aromatic carbocycles. The fourth-order valence-electron chi connectivity index (χ4n) is 1.90. The molecule has 0 amide bonds.